The number of benzene rings is 1. The van der Waals surface area contributed by atoms with Crippen LogP contribution < -0.4 is 5.32 Å². The molecule has 9 heteroatoms. The summed E-state index contributed by atoms with van der Waals surface area (Å²) < 4.78 is 5.21. The van der Waals surface area contributed by atoms with Crippen molar-refractivity contribution < 1.29 is 19.1 Å². The number of thioether (sulfide) groups is 1. The van der Waals surface area contributed by atoms with E-state index >= 15 is 0 Å². The minimum absolute atomic E-state index is 0.0147. The molecule has 0 spiro atoms. The van der Waals surface area contributed by atoms with Gasteiger partial charge in [0.15, 0.2) is 0 Å². The standard InChI is InChI=1S/C19H21N3O4S2/c1-13-2-4-14(5-3-13)20-16(23)10-17-21-15(12-28-17)11-26-18(24)6-7-22-8-9-27-19(22)25/h2-5,12H,6-11H2,1H3,(H,20,23). The fourth-order valence-electron chi connectivity index (χ4n) is 2.56. The van der Waals surface area contributed by atoms with E-state index in [1.165, 1.54) is 23.1 Å². The number of hydrogen-bond donors (Lipinski definition) is 1. The van der Waals surface area contributed by atoms with Crippen LogP contribution in [-0.4, -0.2) is 45.8 Å². The van der Waals surface area contributed by atoms with Crippen molar-refractivity contribution in [2.75, 3.05) is 24.2 Å². The summed E-state index contributed by atoms with van der Waals surface area (Å²) >= 11 is 2.63. The van der Waals surface area contributed by atoms with E-state index < -0.39 is 0 Å². The zero-order valence-electron chi connectivity index (χ0n) is 15.5. The molecule has 2 heterocycles. The van der Waals surface area contributed by atoms with E-state index in [0.717, 1.165) is 17.0 Å². The van der Waals surface area contributed by atoms with Crippen molar-refractivity contribution in [2.24, 2.45) is 0 Å². The topological polar surface area (TPSA) is 88.6 Å². The van der Waals surface area contributed by atoms with Crippen molar-refractivity contribution >= 4 is 45.9 Å². The lowest BCUT2D eigenvalue weighted by molar-refractivity contribution is -0.145. The molecular weight excluding hydrogens is 398 g/mol. The Bertz CT molecular complexity index is 851. The van der Waals surface area contributed by atoms with Gasteiger partial charge in [0.25, 0.3) is 5.24 Å². The maximum Gasteiger partial charge on any atom is 0.307 e. The Morgan fingerprint density at radius 3 is 2.79 bits per heavy atom. The van der Waals surface area contributed by atoms with Gasteiger partial charge in [0, 0.05) is 29.9 Å². The summed E-state index contributed by atoms with van der Waals surface area (Å²) in [5.41, 5.74) is 2.49. The number of carbonyl (C=O) groups is 3. The highest BCUT2D eigenvalue weighted by atomic mass is 32.2. The van der Waals surface area contributed by atoms with Crippen molar-refractivity contribution in [3.63, 3.8) is 0 Å². The van der Waals surface area contributed by atoms with Gasteiger partial charge in [-0.25, -0.2) is 4.98 Å². The molecule has 3 rings (SSSR count). The second-order valence-corrected chi connectivity index (χ2v) is 8.32. The number of ether oxygens (including phenoxy) is 1. The van der Waals surface area contributed by atoms with Gasteiger partial charge in [-0.1, -0.05) is 29.5 Å². The zero-order chi connectivity index (χ0) is 19.9. The summed E-state index contributed by atoms with van der Waals surface area (Å²) in [5.74, 6) is 0.263. The molecule has 1 aliphatic heterocycles. The predicted octanol–water partition coefficient (Wildman–Crippen LogP) is 3.23. The lowest BCUT2D eigenvalue weighted by atomic mass is 10.2. The van der Waals surface area contributed by atoms with Crippen LogP contribution in [0.2, 0.25) is 0 Å². The maximum atomic E-state index is 12.1. The minimum atomic E-state index is -0.364. The molecule has 2 amide bonds. The molecule has 1 N–H and O–H groups in total. The fourth-order valence-corrected chi connectivity index (χ4v) is 4.19. The second-order valence-electron chi connectivity index (χ2n) is 6.34. The number of rotatable bonds is 8. The second kappa shape index (κ2) is 9.70. The number of aryl methyl sites for hydroxylation is 1. The van der Waals surface area contributed by atoms with E-state index in [9.17, 15) is 14.4 Å². The quantitative estimate of drug-likeness (QED) is 0.661. The Kier molecular flexibility index (Phi) is 7.05. The van der Waals surface area contributed by atoms with Gasteiger partial charge in [0.05, 0.1) is 18.5 Å². The SMILES string of the molecule is Cc1ccc(NC(=O)Cc2nc(COC(=O)CCN3CCSC3=O)cs2)cc1. The summed E-state index contributed by atoms with van der Waals surface area (Å²) in [7, 11) is 0. The lowest BCUT2D eigenvalue weighted by Crippen LogP contribution is -2.26. The van der Waals surface area contributed by atoms with E-state index in [2.05, 4.69) is 10.3 Å². The third kappa shape index (κ3) is 6.07. The number of nitrogens with one attached hydrogen (secondary N) is 1. The van der Waals surface area contributed by atoms with E-state index in [0.29, 0.717) is 23.8 Å². The van der Waals surface area contributed by atoms with Gasteiger partial charge in [-0.3, -0.25) is 14.4 Å². The Labute approximate surface area is 171 Å². The van der Waals surface area contributed by atoms with Crippen LogP contribution >= 0.6 is 23.1 Å². The third-order valence-corrected chi connectivity index (χ3v) is 5.85. The average Bonchev–Trinajstić information content (AvgIpc) is 3.29. The molecule has 1 aromatic carbocycles. The number of aromatic nitrogens is 1. The summed E-state index contributed by atoms with van der Waals surface area (Å²) in [6, 6.07) is 7.58. The molecule has 0 atom stereocenters. The molecule has 0 radical (unpaired) electrons. The molecule has 0 saturated carbocycles. The number of carbonyl (C=O) groups excluding carboxylic acids is 3. The van der Waals surface area contributed by atoms with E-state index in [-0.39, 0.29) is 36.6 Å². The van der Waals surface area contributed by atoms with Crippen LogP contribution in [0.3, 0.4) is 0 Å². The smallest absolute Gasteiger partial charge is 0.307 e. The van der Waals surface area contributed by atoms with Gasteiger partial charge in [-0.05, 0) is 19.1 Å². The molecule has 28 heavy (non-hydrogen) atoms. The van der Waals surface area contributed by atoms with Crippen molar-refractivity contribution in [2.45, 2.75) is 26.4 Å². The molecule has 1 saturated heterocycles. The van der Waals surface area contributed by atoms with E-state index in [1.54, 1.807) is 10.3 Å². The first-order valence-corrected chi connectivity index (χ1v) is 10.7. The highest BCUT2D eigenvalue weighted by Gasteiger charge is 2.21. The molecule has 1 aliphatic rings. The molecule has 1 aromatic heterocycles. The summed E-state index contributed by atoms with van der Waals surface area (Å²) in [5, 5.41) is 5.29. The van der Waals surface area contributed by atoms with E-state index in [4.69, 9.17) is 4.74 Å². The van der Waals surface area contributed by atoms with Crippen molar-refractivity contribution in [1.29, 1.82) is 0 Å². The summed E-state index contributed by atoms with van der Waals surface area (Å²) in [4.78, 5) is 41.4. The van der Waals surface area contributed by atoms with Gasteiger partial charge in [0.2, 0.25) is 5.91 Å². The number of hydrogen-bond acceptors (Lipinski definition) is 7. The van der Waals surface area contributed by atoms with Crippen molar-refractivity contribution in [1.82, 2.24) is 9.88 Å². The first kappa shape index (κ1) is 20.3. The number of anilines is 1. The summed E-state index contributed by atoms with van der Waals surface area (Å²) in [6.07, 6.45) is 0.337. The van der Waals surface area contributed by atoms with Gasteiger partial charge in [-0.15, -0.1) is 11.3 Å². The van der Waals surface area contributed by atoms with Gasteiger partial charge >= 0.3 is 5.97 Å². The molecule has 1 fully saturated rings. The van der Waals surface area contributed by atoms with Crippen LogP contribution in [0.1, 0.15) is 22.7 Å². The number of nitrogens with zero attached hydrogens (tertiary/aromatic N) is 2. The monoisotopic (exact) mass is 419 g/mol. The van der Waals surface area contributed by atoms with Gasteiger partial charge in [-0.2, -0.15) is 0 Å². The lowest BCUT2D eigenvalue weighted by Gasteiger charge is -2.13. The Balaban J connectivity index is 1.39. The largest absolute Gasteiger partial charge is 0.459 e. The third-order valence-electron chi connectivity index (χ3n) is 4.06. The average molecular weight is 420 g/mol. The Hall–Kier alpha value is -2.39. The van der Waals surface area contributed by atoms with Crippen LogP contribution in [0.4, 0.5) is 10.5 Å². The fraction of sp³-hybridized carbons (Fsp3) is 0.368. The molecule has 0 unspecified atom stereocenters. The minimum Gasteiger partial charge on any atom is -0.459 e. The molecule has 7 nitrogen and oxygen atoms in total. The molecule has 0 aliphatic carbocycles. The van der Waals surface area contributed by atoms with Gasteiger partial charge in [0.1, 0.15) is 11.6 Å². The normalized spacial score (nSPS) is 13.6. The van der Waals surface area contributed by atoms with Crippen molar-refractivity contribution in [3.05, 3.63) is 45.9 Å². The Morgan fingerprint density at radius 1 is 1.29 bits per heavy atom. The first-order chi connectivity index (χ1) is 13.5. The van der Waals surface area contributed by atoms with Gasteiger partial charge < -0.3 is 15.0 Å². The summed E-state index contributed by atoms with van der Waals surface area (Å²) in [6.45, 7) is 3.11. The van der Waals surface area contributed by atoms with Crippen LogP contribution in [0.25, 0.3) is 0 Å². The highest BCUT2D eigenvalue weighted by Crippen LogP contribution is 2.17. The van der Waals surface area contributed by atoms with Crippen LogP contribution in [0, 0.1) is 6.92 Å². The number of amides is 2. The first-order valence-electron chi connectivity index (χ1n) is 8.87. The number of esters is 1. The zero-order valence-corrected chi connectivity index (χ0v) is 17.1. The van der Waals surface area contributed by atoms with Crippen LogP contribution in [0.5, 0.6) is 0 Å². The Morgan fingerprint density at radius 2 is 2.07 bits per heavy atom. The highest BCUT2D eigenvalue weighted by molar-refractivity contribution is 8.13. The van der Waals surface area contributed by atoms with Crippen LogP contribution in [0.15, 0.2) is 29.6 Å². The predicted molar refractivity (Wildman–Crippen MR) is 109 cm³/mol. The molecule has 0 bridgehead atoms. The van der Waals surface area contributed by atoms with Crippen LogP contribution in [-0.2, 0) is 27.4 Å². The maximum absolute atomic E-state index is 12.1. The number of thiazole rings is 1. The molecular formula is C19H21N3O4S2. The molecule has 148 valence electrons. The molecule has 2 aromatic rings. The van der Waals surface area contributed by atoms with Crippen molar-refractivity contribution in [3.8, 4) is 0 Å². The van der Waals surface area contributed by atoms with E-state index in [1.807, 2.05) is 31.2 Å².